The molecule has 0 spiro atoms. The first kappa shape index (κ1) is 15.6. The number of Topliss-reactive ketones (excluding diaryl/α,β-unsaturated/α-hetero) is 1. The third kappa shape index (κ3) is 4.35. The number of hydrogen-bond donors (Lipinski definition) is 1. The molecule has 1 rings (SSSR count). The van der Waals surface area contributed by atoms with Crippen LogP contribution in [-0.2, 0) is 11.0 Å². The molecule has 0 saturated carbocycles. The van der Waals surface area contributed by atoms with Crippen molar-refractivity contribution < 1.29 is 9.00 Å². The first-order valence-electron chi connectivity index (χ1n) is 5.35. The smallest absolute Gasteiger partial charge is 0.179 e. The van der Waals surface area contributed by atoms with Crippen LogP contribution in [-0.4, -0.2) is 21.3 Å². The minimum absolute atomic E-state index is 0.0226. The monoisotopic (exact) mass is 307 g/mol. The van der Waals surface area contributed by atoms with Gasteiger partial charge >= 0.3 is 0 Å². The molecular weight excluding hydrogens is 293 g/mol. The van der Waals surface area contributed by atoms with Crippen LogP contribution >= 0.6 is 23.2 Å². The van der Waals surface area contributed by atoms with Crippen LogP contribution in [0.5, 0.6) is 0 Å². The van der Waals surface area contributed by atoms with E-state index < -0.39 is 15.7 Å². The Kier molecular flexibility index (Phi) is 5.34. The predicted octanol–water partition coefficient (Wildman–Crippen LogP) is 3.23. The van der Waals surface area contributed by atoms with Gasteiger partial charge in [0.25, 0.3) is 0 Å². The molecule has 0 fully saturated rings. The van der Waals surface area contributed by atoms with Gasteiger partial charge in [0.15, 0.2) is 5.78 Å². The Morgan fingerprint density at radius 2 is 1.94 bits per heavy atom. The Balaban J connectivity index is 2.70. The summed E-state index contributed by atoms with van der Waals surface area (Å²) in [4.78, 5) is 11.9. The second kappa shape index (κ2) is 6.15. The fraction of sp³-hybridized carbons (Fsp3) is 0.417. The van der Waals surface area contributed by atoms with E-state index >= 15 is 0 Å². The standard InChI is InChI=1S/C12H15Cl2NO2S/c1-12(2,3)18(17)15-7-11(16)9-5-4-8(13)6-10(9)14/h4-6,15H,7H2,1-3H3. The maximum absolute atomic E-state index is 11.9. The fourth-order valence-corrected chi connectivity index (χ4v) is 2.37. The summed E-state index contributed by atoms with van der Waals surface area (Å²) in [6.07, 6.45) is 0. The number of rotatable bonds is 4. The second-order valence-electron chi connectivity index (χ2n) is 4.75. The molecule has 0 amide bonds. The van der Waals surface area contributed by atoms with Crippen molar-refractivity contribution in [3.8, 4) is 0 Å². The minimum atomic E-state index is -1.28. The largest absolute Gasteiger partial charge is 0.293 e. The van der Waals surface area contributed by atoms with Crippen molar-refractivity contribution in [2.45, 2.75) is 25.5 Å². The molecular formula is C12H15Cl2NO2S. The van der Waals surface area contributed by atoms with E-state index in [-0.39, 0.29) is 12.3 Å². The van der Waals surface area contributed by atoms with Crippen molar-refractivity contribution in [2.75, 3.05) is 6.54 Å². The third-order valence-corrected chi connectivity index (χ3v) is 4.22. The summed E-state index contributed by atoms with van der Waals surface area (Å²) >= 11 is 11.7. The highest BCUT2D eigenvalue weighted by Crippen LogP contribution is 2.21. The average molecular weight is 308 g/mol. The van der Waals surface area contributed by atoms with Crippen molar-refractivity contribution in [2.24, 2.45) is 0 Å². The van der Waals surface area contributed by atoms with Gasteiger partial charge in [-0.1, -0.05) is 23.2 Å². The molecule has 18 heavy (non-hydrogen) atoms. The van der Waals surface area contributed by atoms with Crippen molar-refractivity contribution in [1.82, 2.24) is 4.72 Å². The molecule has 0 bridgehead atoms. The fourth-order valence-electron chi connectivity index (χ4n) is 1.16. The molecule has 100 valence electrons. The van der Waals surface area contributed by atoms with E-state index in [1.165, 1.54) is 6.07 Å². The summed E-state index contributed by atoms with van der Waals surface area (Å²) in [6.45, 7) is 5.47. The topological polar surface area (TPSA) is 46.2 Å². The summed E-state index contributed by atoms with van der Waals surface area (Å²) in [5.74, 6) is -0.214. The Morgan fingerprint density at radius 3 is 2.44 bits per heavy atom. The van der Waals surface area contributed by atoms with Crippen LogP contribution in [0.15, 0.2) is 18.2 Å². The van der Waals surface area contributed by atoms with Gasteiger partial charge in [-0.3, -0.25) is 4.79 Å². The molecule has 1 aromatic rings. The zero-order chi connectivity index (χ0) is 13.9. The van der Waals surface area contributed by atoms with Crippen LogP contribution in [0.4, 0.5) is 0 Å². The van der Waals surface area contributed by atoms with E-state index in [1.807, 2.05) is 20.8 Å². The average Bonchev–Trinajstić information content (AvgIpc) is 2.24. The van der Waals surface area contributed by atoms with Crippen molar-refractivity contribution in [3.63, 3.8) is 0 Å². The molecule has 0 aliphatic rings. The second-order valence-corrected chi connectivity index (χ2v) is 7.64. The molecule has 1 atom stereocenters. The number of hydrogen-bond acceptors (Lipinski definition) is 2. The van der Waals surface area contributed by atoms with Gasteiger partial charge < -0.3 is 0 Å². The van der Waals surface area contributed by atoms with Gasteiger partial charge in [-0.15, -0.1) is 0 Å². The number of benzene rings is 1. The van der Waals surface area contributed by atoms with Crippen molar-refractivity contribution >= 4 is 40.0 Å². The Morgan fingerprint density at radius 1 is 1.33 bits per heavy atom. The maximum atomic E-state index is 11.9. The number of nitrogens with one attached hydrogen (secondary N) is 1. The van der Waals surface area contributed by atoms with E-state index in [4.69, 9.17) is 23.2 Å². The lowest BCUT2D eigenvalue weighted by molar-refractivity contribution is 0.0997. The Hall–Kier alpha value is -0.420. The zero-order valence-corrected chi connectivity index (χ0v) is 12.7. The van der Waals surface area contributed by atoms with Crippen molar-refractivity contribution in [1.29, 1.82) is 0 Å². The lowest BCUT2D eigenvalue weighted by atomic mass is 10.1. The van der Waals surface area contributed by atoms with Crippen molar-refractivity contribution in [3.05, 3.63) is 33.8 Å². The van der Waals surface area contributed by atoms with Crippen LogP contribution < -0.4 is 4.72 Å². The lowest BCUT2D eigenvalue weighted by Crippen LogP contribution is -2.36. The third-order valence-electron chi connectivity index (χ3n) is 2.15. The SMILES string of the molecule is CC(C)(C)S(=O)NCC(=O)c1ccc(Cl)cc1Cl. The maximum Gasteiger partial charge on any atom is 0.179 e. The van der Waals surface area contributed by atoms with Gasteiger partial charge in [0, 0.05) is 10.6 Å². The van der Waals surface area contributed by atoms with E-state index in [0.717, 1.165) is 0 Å². The molecule has 0 aromatic heterocycles. The summed E-state index contributed by atoms with van der Waals surface area (Å²) in [7, 11) is -1.28. The number of carbonyl (C=O) groups is 1. The quantitative estimate of drug-likeness (QED) is 0.868. The van der Waals surface area contributed by atoms with Crippen LogP contribution in [0.3, 0.4) is 0 Å². The highest BCUT2D eigenvalue weighted by atomic mass is 35.5. The summed E-state index contributed by atoms with van der Waals surface area (Å²) in [5, 5.41) is 0.776. The van der Waals surface area contributed by atoms with Gasteiger partial charge in [0.2, 0.25) is 0 Å². The molecule has 1 unspecified atom stereocenters. The highest BCUT2D eigenvalue weighted by Gasteiger charge is 2.20. The Labute approximate surface area is 119 Å². The van der Waals surface area contributed by atoms with E-state index in [0.29, 0.717) is 15.6 Å². The van der Waals surface area contributed by atoms with E-state index in [1.54, 1.807) is 12.1 Å². The molecule has 1 aromatic carbocycles. The van der Waals surface area contributed by atoms with Gasteiger partial charge in [0.1, 0.15) is 0 Å². The molecule has 0 aliphatic heterocycles. The highest BCUT2D eigenvalue weighted by molar-refractivity contribution is 7.84. The zero-order valence-electron chi connectivity index (χ0n) is 10.4. The predicted molar refractivity (Wildman–Crippen MR) is 76.7 cm³/mol. The first-order chi connectivity index (χ1) is 8.21. The molecule has 6 heteroatoms. The van der Waals surface area contributed by atoms with E-state index in [2.05, 4.69) is 4.72 Å². The molecule has 0 heterocycles. The van der Waals surface area contributed by atoms with Crippen LogP contribution in [0.1, 0.15) is 31.1 Å². The Bertz CT molecular complexity index is 483. The van der Waals surface area contributed by atoms with Gasteiger partial charge in [-0.05, 0) is 39.0 Å². The van der Waals surface area contributed by atoms with Crippen LogP contribution in [0.25, 0.3) is 0 Å². The van der Waals surface area contributed by atoms with Crippen LogP contribution in [0.2, 0.25) is 10.0 Å². The summed E-state index contributed by atoms with van der Waals surface area (Å²) in [6, 6.07) is 4.67. The molecule has 3 nitrogen and oxygen atoms in total. The van der Waals surface area contributed by atoms with E-state index in [9.17, 15) is 9.00 Å². The molecule has 0 radical (unpaired) electrons. The van der Waals surface area contributed by atoms with Gasteiger partial charge in [-0.25, -0.2) is 8.93 Å². The summed E-state index contributed by atoms with van der Waals surface area (Å²) in [5.41, 5.74) is 0.375. The van der Waals surface area contributed by atoms with Gasteiger partial charge in [-0.2, -0.15) is 0 Å². The van der Waals surface area contributed by atoms with Gasteiger partial charge in [0.05, 0.1) is 27.3 Å². The summed E-state index contributed by atoms with van der Waals surface area (Å²) < 4.78 is 14.0. The molecule has 0 saturated heterocycles. The lowest BCUT2D eigenvalue weighted by Gasteiger charge is -2.17. The minimum Gasteiger partial charge on any atom is -0.293 e. The molecule has 1 N–H and O–H groups in total. The number of ketones is 1. The number of carbonyl (C=O) groups excluding carboxylic acids is 1. The number of halogens is 2. The molecule has 0 aliphatic carbocycles. The van der Waals surface area contributed by atoms with Crippen LogP contribution in [0, 0.1) is 0 Å². The normalized spacial score (nSPS) is 13.4. The first-order valence-corrected chi connectivity index (χ1v) is 7.26.